The molecule has 0 atom stereocenters. The van der Waals surface area contributed by atoms with E-state index >= 15 is 0 Å². The Morgan fingerprint density at radius 3 is 2.62 bits per heavy atom. The summed E-state index contributed by atoms with van der Waals surface area (Å²) in [6.07, 6.45) is 2.89. The topological polar surface area (TPSA) is 110 Å². The molecule has 0 saturated carbocycles. The summed E-state index contributed by atoms with van der Waals surface area (Å²) >= 11 is 6.24. The van der Waals surface area contributed by atoms with Gasteiger partial charge in [-0.3, -0.25) is 9.48 Å². The van der Waals surface area contributed by atoms with Crippen LogP contribution in [0, 0.1) is 0 Å². The van der Waals surface area contributed by atoms with Crippen molar-refractivity contribution in [3.05, 3.63) is 64.2 Å². The number of aromatic carboxylic acids is 1. The number of hydrogen-bond acceptors (Lipinski definition) is 5. The first-order chi connectivity index (χ1) is 13.8. The van der Waals surface area contributed by atoms with Crippen molar-refractivity contribution in [3.8, 4) is 11.4 Å². The lowest BCUT2D eigenvalue weighted by Crippen LogP contribution is -2.26. The zero-order valence-corrected chi connectivity index (χ0v) is 16.9. The van der Waals surface area contributed by atoms with Crippen LogP contribution in [0.15, 0.2) is 36.7 Å². The molecule has 1 amide bonds. The van der Waals surface area contributed by atoms with Crippen molar-refractivity contribution in [1.29, 1.82) is 0 Å². The number of hydrogen-bond donors (Lipinski definition) is 2. The highest BCUT2D eigenvalue weighted by Crippen LogP contribution is 2.27. The van der Waals surface area contributed by atoms with E-state index in [9.17, 15) is 14.7 Å². The molecule has 2 N–H and O–H groups in total. The number of carboxylic acids is 1. The summed E-state index contributed by atoms with van der Waals surface area (Å²) < 4.78 is 1.25. The fourth-order valence-corrected chi connectivity index (χ4v) is 3.16. The van der Waals surface area contributed by atoms with Crippen LogP contribution in [-0.2, 0) is 13.6 Å². The standard InChI is InChI=1S/C20H20ClN5O3/c1-11(2)16-14(10-22-18(25-16)13-6-4-5-7-15(13)21)19(27)23-8-12-9-24-26(3)17(12)20(28)29/h4-7,9-11H,8H2,1-3H3,(H,23,27)(H,28,29). The van der Waals surface area contributed by atoms with Crippen LogP contribution in [0.5, 0.6) is 0 Å². The van der Waals surface area contributed by atoms with Gasteiger partial charge >= 0.3 is 5.97 Å². The Morgan fingerprint density at radius 2 is 1.97 bits per heavy atom. The fraction of sp³-hybridized carbons (Fsp3) is 0.250. The van der Waals surface area contributed by atoms with Crippen molar-refractivity contribution in [3.63, 3.8) is 0 Å². The lowest BCUT2D eigenvalue weighted by Gasteiger charge is -2.13. The van der Waals surface area contributed by atoms with Crippen LogP contribution < -0.4 is 5.32 Å². The average molecular weight is 414 g/mol. The summed E-state index contributed by atoms with van der Waals surface area (Å²) in [7, 11) is 1.53. The Kier molecular flexibility index (Phi) is 5.93. The van der Waals surface area contributed by atoms with Gasteiger partial charge in [-0.2, -0.15) is 5.10 Å². The number of nitrogens with zero attached hydrogens (tertiary/aromatic N) is 4. The molecule has 3 rings (SSSR count). The fourth-order valence-electron chi connectivity index (χ4n) is 2.94. The molecule has 9 heteroatoms. The van der Waals surface area contributed by atoms with Crippen molar-refractivity contribution >= 4 is 23.5 Å². The maximum Gasteiger partial charge on any atom is 0.354 e. The minimum absolute atomic E-state index is 0.0259. The Hall–Kier alpha value is -3.26. The van der Waals surface area contributed by atoms with E-state index in [0.717, 1.165) is 0 Å². The molecular weight excluding hydrogens is 394 g/mol. The van der Waals surface area contributed by atoms with Gasteiger partial charge in [0.15, 0.2) is 11.5 Å². The number of rotatable bonds is 6. The van der Waals surface area contributed by atoms with E-state index in [1.807, 2.05) is 32.0 Å². The number of carbonyl (C=O) groups excluding carboxylic acids is 1. The van der Waals surface area contributed by atoms with Crippen molar-refractivity contribution in [2.75, 3.05) is 0 Å². The van der Waals surface area contributed by atoms with Gasteiger partial charge in [0.1, 0.15) is 0 Å². The van der Waals surface area contributed by atoms with Crippen molar-refractivity contribution in [1.82, 2.24) is 25.1 Å². The molecule has 0 radical (unpaired) electrons. The molecular formula is C20H20ClN5O3. The van der Waals surface area contributed by atoms with Gasteiger partial charge in [-0.15, -0.1) is 0 Å². The minimum Gasteiger partial charge on any atom is -0.477 e. The predicted molar refractivity (Wildman–Crippen MR) is 108 cm³/mol. The second kappa shape index (κ2) is 8.40. The SMILES string of the molecule is CC(C)c1nc(-c2ccccc2Cl)ncc1C(=O)NCc1cnn(C)c1C(=O)O. The summed E-state index contributed by atoms with van der Waals surface area (Å²) in [4.78, 5) is 33.0. The first-order valence-electron chi connectivity index (χ1n) is 8.93. The molecule has 8 nitrogen and oxygen atoms in total. The van der Waals surface area contributed by atoms with Crippen LogP contribution in [0.25, 0.3) is 11.4 Å². The Morgan fingerprint density at radius 1 is 1.24 bits per heavy atom. The molecule has 0 saturated heterocycles. The summed E-state index contributed by atoms with van der Waals surface area (Å²) in [6.45, 7) is 3.89. The molecule has 0 fully saturated rings. The van der Waals surface area contributed by atoms with Crippen molar-refractivity contribution in [2.45, 2.75) is 26.3 Å². The number of halogens is 1. The third-order valence-corrected chi connectivity index (χ3v) is 4.71. The number of nitrogens with one attached hydrogen (secondary N) is 1. The van der Waals surface area contributed by atoms with E-state index < -0.39 is 5.97 Å². The second-order valence-corrected chi connectivity index (χ2v) is 7.16. The normalized spacial score (nSPS) is 10.9. The number of aromatic nitrogens is 4. The molecule has 29 heavy (non-hydrogen) atoms. The third kappa shape index (κ3) is 4.27. The smallest absolute Gasteiger partial charge is 0.354 e. The summed E-state index contributed by atoms with van der Waals surface area (Å²) in [5.74, 6) is -1.09. The van der Waals surface area contributed by atoms with Gasteiger partial charge in [0.25, 0.3) is 5.91 Å². The van der Waals surface area contributed by atoms with E-state index in [-0.39, 0.29) is 24.1 Å². The van der Waals surface area contributed by atoms with E-state index in [0.29, 0.717) is 33.2 Å². The molecule has 0 aliphatic carbocycles. The van der Waals surface area contributed by atoms with Gasteiger partial charge in [-0.25, -0.2) is 14.8 Å². The quantitative estimate of drug-likeness (QED) is 0.641. The number of carbonyl (C=O) groups is 2. The van der Waals surface area contributed by atoms with Crippen molar-refractivity contribution < 1.29 is 14.7 Å². The van der Waals surface area contributed by atoms with Crippen LogP contribution in [-0.4, -0.2) is 36.7 Å². The average Bonchev–Trinajstić information content (AvgIpc) is 3.06. The Bertz CT molecular complexity index is 1080. The van der Waals surface area contributed by atoms with Crippen molar-refractivity contribution in [2.24, 2.45) is 7.05 Å². The van der Waals surface area contributed by atoms with Gasteiger partial charge < -0.3 is 10.4 Å². The zero-order chi connectivity index (χ0) is 21.1. The largest absolute Gasteiger partial charge is 0.477 e. The lowest BCUT2D eigenvalue weighted by atomic mass is 10.0. The Labute approximate surface area is 172 Å². The maximum atomic E-state index is 12.8. The molecule has 0 bridgehead atoms. The second-order valence-electron chi connectivity index (χ2n) is 6.76. The van der Waals surface area contributed by atoms with Crippen LogP contribution in [0.4, 0.5) is 0 Å². The molecule has 0 aliphatic heterocycles. The van der Waals surface area contributed by atoms with Crippen LogP contribution in [0.2, 0.25) is 5.02 Å². The third-order valence-electron chi connectivity index (χ3n) is 4.38. The number of aryl methyl sites for hydroxylation is 1. The zero-order valence-electron chi connectivity index (χ0n) is 16.2. The Balaban J connectivity index is 1.87. The first-order valence-corrected chi connectivity index (χ1v) is 9.31. The monoisotopic (exact) mass is 413 g/mol. The molecule has 150 valence electrons. The molecule has 3 aromatic rings. The lowest BCUT2D eigenvalue weighted by molar-refractivity contribution is 0.0682. The van der Waals surface area contributed by atoms with Crippen LogP contribution in [0.1, 0.15) is 51.9 Å². The van der Waals surface area contributed by atoms with E-state index in [1.54, 1.807) is 6.07 Å². The van der Waals surface area contributed by atoms with E-state index in [4.69, 9.17) is 11.6 Å². The summed E-state index contributed by atoms with van der Waals surface area (Å²) in [6, 6.07) is 7.23. The maximum absolute atomic E-state index is 12.8. The predicted octanol–water partition coefficient (Wildman–Crippen LogP) is 3.28. The number of benzene rings is 1. The molecule has 1 aromatic carbocycles. The van der Waals surface area contributed by atoms with Gasteiger partial charge in [0.05, 0.1) is 22.5 Å². The van der Waals surface area contributed by atoms with Gasteiger partial charge in [0, 0.05) is 30.9 Å². The molecule has 2 heterocycles. The highest BCUT2D eigenvalue weighted by molar-refractivity contribution is 6.33. The first kappa shape index (κ1) is 20.5. The van der Waals surface area contributed by atoms with Gasteiger partial charge in [0.2, 0.25) is 0 Å². The molecule has 0 unspecified atom stereocenters. The molecule has 2 aromatic heterocycles. The van der Waals surface area contributed by atoms with Crippen LogP contribution in [0.3, 0.4) is 0 Å². The summed E-state index contributed by atoms with van der Waals surface area (Å²) in [5.41, 5.74) is 2.03. The highest BCUT2D eigenvalue weighted by atomic mass is 35.5. The minimum atomic E-state index is -1.11. The van der Waals surface area contributed by atoms with E-state index in [1.165, 1.54) is 24.1 Å². The van der Waals surface area contributed by atoms with Crippen LogP contribution >= 0.6 is 11.6 Å². The molecule has 0 aliphatic rings. The van der Waals surface area contributed by atoms with Gasteiger partial charge in [-0.05, 0) is 18.1 Å². The number of amides is 1. The number of carboxylic acid groups (broad SMARTS) is 1. The van der Waals surface area contributed by atoms with Gasteiger partial charge in [-0.1, -0.05) is 37.6 Å². The highest BCUT2D eigenvalue weighted by Gasteiger charge is 2.20. The summed E-state index contributed by atoms with van der Waals surface area (Å²) in [5, 5.41) is 16.5. The molecule has 0 spiro atoms. The van der Waals surface area contributed by atoms with E-state index in [2.05, 4.69) is 20.4 Å².